The van der Waals surface area contributed by atoms with Gasteiger partial charge in [0.15, 0.2) is 11.6 Å². The standard InChI is InChI=1S/C20H24F2N2/c21-18-13-17(23)14-19(22)20(18)24-11-9-16(10-12-24)8-4-7-15-5-2-1-3-6-15/h1-3,5-6,13-14,16H,4,7-12,23H2. The van der Waals surface area contributed by atoms with E-state index in [0.717, 1.165) is 19.3 Å². The Kier molecular flexibility index (Phi) is 5.34. The number of halogens is 2. The van der Waals surface area contributed by atoms with Crippen molar-refractivity contribution in [3.05, 3.63) is 59.7 Å². The molecule has 1 aliphatic rings. The van der Waals surface area contributed by atoms with E-state index in [1.165, 1.54) is 30.5 Å². The summed E-state index contributed by atoms with van der Waals surface area (Å²) in [5.41, 5.74) is 7.07. The van der Waals surface area contributed by atoms with E-state index in [1.54, 1.807) is 0 Å². The predicted molar refractivity (Wildman–Crippen MR) is 95.1 cm³/mol. The molecule has 2 nitrogen and oxygen atoms in total. The number of hydrogen-bond donors (Lipinski definition) is 1. The molecule has 0 aliphatic carbocycles. The molecule has 1 saturated heterocycles. The molecule has 4 heteroatoms. The number of anilines is 2. The highest BCUT2D eigenvalue weighted by Gasteiger charge is 2.23. The zero-order chi connectivity index (χ0) is 16.9. The molecular weight excluding hydrogens is 306 g/mol. The van der Waals surface area contributed by atoms with Crippen molar-refractivity contribution in [2.24, 2.45) is 5.92 Å². The van der Waals surface area contributed by atoms with Gasteiger partial charge in [0.25, 0.3) is 0 Å². The van der Waals surface area contributed by atoms with E-state index >= 15 is 0 Å². The lowest BCUT2D eigenvalue weighted by atomic mass is 9.90. The van der Waals surface area contributed by atoms with Crippen LogP contribution in [0.15, 0.2) is 42.5 Å². The summed E-state index contributed by atoms with van der Waals surface area (Å²) >= 11 is 0. The Labute approximate surface area is 142 Å². The number of hydrogen-bond acceptors (Lipinski definition) is 2. The van der Waals surface area contributed by atoms with E-state index in [4.69, 9.17) is 5.73 Å². The van der Waals surface area contributed by atoms with Crippen molar-refractivity contribution < 1.29 is 8.78 Å². The van der Waals surface area contributed by atoms with E-state index in [-0.39, 0.29) is 11.4 Å². The van der Waals surface area contributed by atoms with Crippen molar-refractivity contribution in [1.29, 1.82) is 0 Å². The first-order chi connectivity index (χ1) is 11.6. The summed E-state index contributed by atoms with van der Waals surface area (Å²) < 4.78 is 28.0. The lowest BCUT2D eigenvalue weighted by Crippen LogP contribution is -2.35. The van der Waals surface area contributed by atoms with Gasteiger partial charge in [0, 0.05) is 18.8 Å². The van der Waals surface area contributed by atoms with E-state index in [1.807, 2.05) is 11.0 Å². The summed E-state index contributed by atoms with van der Waals surface area (Å²) in [4.78, 5) is 1.82. The van der Waals surface area contributed by atoms with Crippen LogP contribution in [0.3, 0.4) is 0 Å². The van der Waals surface area contributed by atoms with Crippen LogP contribution in [-0.4, -0.2) is 13.1 Å². The summed E-state index contributed by atoms with van der Waals surface area (Å²) in [5.74, 6) is -0.477. The molecule has 3 rings (SSSR count). The molecule has 1 fully saturated rings. The monoisotopic (exact) mass is 330 g/mol. The minimum atomic E-state index is -0.560. The van der Waals surface area contributed by atoms with Gasteiger partial charge in [-0.3, -0.25) is 0 Å². The molecule has 0 radical (unpaired) electrons. The normalized spacial score (nSPS) is 15.7. The van der Waals surface area contributed by atoms with Gasteiger partial charge in [-0.15, -0.1) is 0 Å². The highest BCUT2D eigenvalue weighted by molar-refractivity contribution is 5.56. The Hall–Kier alpha value is -2.10. The second-order valence-electron chi connectivity index (χ2n) is 6.64. The van der Waals surface area contributed by atoms with Crippen molar-refractivity contribution in [2.45, 2.75) is 32.1 Å². The molecule has 2 N–H and O–H groups in total. The Morgan fingerprint density at radius 1 is 1.00 bits per heavy atom. The number of benzene rings is 2. The smallest absolute Gasteiger partial charge is 0.151 e. The minimum Gasteiger partial charge on any atom is -0.399 e. The van der Waals surface area contributed by atoms with Crippen LogP contribution < -0.4 is 10.6 Å². The maximum Gasteiger partial charge on any atom is 0.151 e. The molecule has 128 valence electrons. The highest BCUT2D eigenvalue weighted by atomic mass is 19.1. The van der Waals surface area contributed by atoms with Crippen LogP contribution in [0, 0.1) is 17.6 Å². The van der Waals surface area contributed by atoms with Gasteiger partial charge in [-0.2, -0.15) is 0 Å². The van der Waals surface area contributed by atoms with Crippen molar-refractivity contribution in [3.8, 4) is 0 Å². The molecule has 2 aromatic carbocycles. The van der Waals surface area contributed by atoms with Crippen LogP contribution >= 0.6 is 0 Å². The van der Waals surface area contributed by atoms with Crippen molar-refractivity contribution >= 4 is 11.4 Å². The Morgan fingerprint density at radius 2 is 1.62 bits per heavy atom. The largest absolute Gasteiger partial charge is 0.399 e. The zero-order valence-corrected chi connectivity index (χ0v) is 13.8. The molecule has 0 atom stereocenters. The van der Waals surface area contributed by atoms with Gasteiger partial charge in [-0.25, -0.2) is 8.78 Å². The summed E-state index contributed by atoms with van der Waals surface area (Å²) in [5, 5.41) is 0. The Morgan fingerprint density at radius 3 is 2.25 bits per heavy atom. The van der Waals surface area contributed by atoms with Crippen LogP contribution in [-0.2, 0) is 6.42 Å². The maximum absolute atomic E-state index is 14.0. The van der Waals surface area contributed by atoms with Crippen LogP contribution in [0.2, 0.25) is 0 Å². The molecule has 0 bridgehead atoms. The van der Waals surface area contributed by atoms with Gasteiger partial charge in [0.1, 0.15) is 5.69 Å². The SMILES string of the molecule is Nc1cc(F)c(N2CCC(CCCc3ccccc3)CC2)c(F)c1. The molecule has 24 heavy (non-hydrogen) atoms. The van der Waals surface area contributed by atoms with Gasteiger partial charge in [0.05, 0.1) is 0 Å². The third kappa shape index (κ3) is 4.05. The Balaban J connectivity index is 1.49. The molecule has 0 saturated carbocycles. The molecular formula is C20H24F2N2. The third-order valence-corrected chi connectivity index (χ3v) is 4.89. The van der Waals surface area contributed by atoms with Crippen molar-refractivity contribution in [3.63, 3.8) is 0 Å². The minimum absolute atomic E-state index is 0.0759. The number of rotatable bonds is 5. The van der Waals surface area contributed by atoms with Gasteiger partial charge in [0.2, 0.25) is 0 Å². The number of nitrogens with two attached hydrogens (primary N) is 1. The van der Waals surface area contributed by atoms with Crippen molar-refractivity contribution in [2.75, 3.05) is 23.7 Å². The quantitative estimate of drug-likeness (QED) is 0.799. The molecule has 0 spiro atoms. The van der Waals surface area contributed by atoms with E-state index in [2.05, 4.69) is 24.3 Å². The maximum atomic E-state index is 14.0. The molecule has 2 aromatic rings. The number of nitrogen functional groups attached to an aromatic ring is 1. The fourth-order valence-electron chi connectivity index (χ4n) is 3.57. The fraction of sp³-hybridized carbons (Fsp3) is 0.400. The molecule has 0 aromatic heterocycles. The summed E-state index contributed by atoms with van der Waals surface area (Å²) in [6.07, 6.45) is 5.41. The first kappa shape index (κ1) is 16.7. The predicted octanol–water partition coefficient (Wildman–Crippen LogP) is 4.79. The number of nitrogens with zero attached hydrogens (tertiary/aromatic N) is 1. The van der Waals surface area contributed by atoms with Crippen LogP contribution in [0.25, 0.3) is 0 Å². The van der Waals surface area contributed by atoms with Crippen LogP contribution in [0.1, 0.15) is 31.2 Å². The van der Waals surface area contributed by atoms with E-state index in [0.29, 0.717) is 19.0 Å². The molecule has 1 aliphatic heterocycles. The topological polar surface area (TPSA) is 29.3 Å². The third-order valence-electron chi connectivity index (χ3n) is 4.89. The van der Waals surface area contributed by atoms with Gasteiger partial charge < -0.3 is 10.6 Å². The summed E-state index contributed by atoms with van der Waals surface area (Å²) in [6, 6.07) is 12.9. The summed E-state index contributed by atoms with van der Waals surface area (Å²) in [7, 11) is 0. The molecule has 1 heterocycles. The Bertz CT molecular complexity index is 642. The molecule has 0 amide bonds. The van der Waals surface area contributed by atoms with Gasteiger partial charge >= 0.3 is 0 Å². The number of aryl methyl sites for hydroxylation is 1. The number of piperidine rings is 1. The van der Waals surface area contributed by atoms with Crippen molar-refractivity contribution in [1.82, 2.24) is 0 Å². The second-order valence-corrected chi connectivity index (χ2v) is 6.64. The fourth-order valence-corrected chi connectivity index (χ4v) is 3.57. The molecule has 0 unspecified atom stereocenters. The van der Waals surface area contributed by atoms with Gasteiger partial charge in [-0.05, 0) is 55.7 Å². The average molecular weight is 330 g/mol. The first-order valence-corrected chi connectivity index (χ1v) is 8.67. The highest BCUT2D eigenvalue weighted by Crippen LogP contribution is 2.31. The van der Waals surface area contributed by atoms with Crippen LogP contribution in [0.5, 0.6) is 0 Å². The lowest BCUT2D eigenvalue weighted by molar-refractivity contribution is 0.369. The second kappa shape index (κ2) is 7.65. The van der Waals surface area contributed by atoms with Gasteiger partial charge in [-0.1, -0.05) is 30.3 Å². The lowest BCUT2D eigenvalue weighted by Gasteiger charge is -2.34. The van der Waals surface area contributed by atoms with Crippen LogP contribution in [0.4, 0.5) is 20.2 Å². The average Bonchev–Trinajstić information content (AvgIpc) is 2.56. The first-order valence-electron chi connectivity index (χ1n) is 8.67. The van der Waals surface area contributed by atoms with E-state index in [9.17, 15) is 8.78 Å². The van der Waals surface area contributed by atoms with E-state index < -0.39 is 11.6 Å². The zero-order valence-electron chi connectivity index (χ0n) is 13.8. The summed E-state index contributed by atoms with van der Waals surface area (Å²) in [6.45, 7) is 1.40.